The van der Waals surface area contributed by atoms with Gasteiger partial charge in [0.05, 0.1) is 24.7 Å². The molecule has 170 valence electrons. The lowest BCUT2D eigenvalue weighted by molar-refractivity contribution is -0.127. The first kappa shape index (κ1) is 21.4. The lowest BCUT2D eigenvalue weighted by atomic mass is 9.92. The monoisotopic (exact) mass is 442 g/mol. The minimum atomic E-state index is -0.331. The predicted octanol–water partition coefficient (Wildman–Crippen LogP) is 4.09. The highest BCUT2D eigenvalue weighted by atomic mass is 16.2. The molecule has 6 heteroatoms. The van der Waals surface area contributed by atoms with Crippen molar-refractivity contribution in [3.63, 3.8) is 0 Å². The van der Waals surface area contributed by atoms with Crippen molar-refractivity contribution in [1.82, 2.24) is 15.1 Å². The molecule has 1 aromatic heterocycles. The van der Waals surface area contributed by atoms with Gasteiger partial charge in [0.1, 0.15) is 0 Å². The third kappa shape index (κ3) is 4.30. The Morgan fingerprint density at radius 1 is 1.15 bits per heavy atom. The Balaban J connectivity index is 1.28. The first-order valence-electron chi connectivity index (χ1n) is 11.8. The molecule has 1 aliphatic carbocycles. The molecule has 1 N–H and O–H groups in total. The largest absolute Gasteiger partial charge is 0.349 e. The molecular weight excluding hydrogens is 412 g/mol. The van der Waals surface area contributed by atoms with Crippen LogP contribution in [0.1, 0.15) is 53.3 Å². The van der Waals surface area contributed by atoms with Crippen molar-refractivity contribution >= 4 is 17.5 Å². The van der Waals surface area contributed by atoms with Crippen LogP contribution in [-0.2, 0) is 22.6 Å². The number of carbonyl (C=O) groups is 2. The van der Waals surface area contributed by atoms with Crippen LogP contribution < -0.4 is 10.2 Å². The number of nitrogens with one attached hydrogen (secondary N) is 1. The molecule has 1 saturated heterocycles. The van der Waals surface area contributed by atoms with Gasteiger partial charge in [-0.3, -0.25) is 14.3 Å². The number of rotatable bonds is 5. The van der Waals surface area contributed by atoms with E-state index in [0.29, 0.717) is 6.54 Å². The summed E-state index contributed by atoms with van der Waals surface area (Å²) in [7, 11) is 0. The Bertz CT molecular complexity index is 1180. The van der Waals surface area contributed by atoms with Gasteiger partial charge in [0.15, 0.2) is 0 Å². The number of hydrogen-bond donors (Lipinski definition) is 1. The molecule has 0 radical (unpaired) electrons. The van der Waals surface area contributed by atoms with E-state index in [0.717, 1.165) is 48.2 Å². The highest BCUT2D eigenvalue weighted by Crippen LogP contribution is 2.32. The second kappa shape index (κ2) is 8.85. The van der Waals surface area contributed by atoms with E-state index in [-0.39, 0.29) is 30.2 Å². The van der Waals surface area contributed by atoms with Crippen LogP contribution in [0.4, 0.5) is 5.69 Å². The molecule has 1 fully saturated rings. The molecule has 2 heterocycles. The molecule has 2 atom stereocenters. The number of nitrogens with zero attached hydrogens (tertiary/aromatic N) is 3. The maximum atomic E-state index is 13.2. The number of hydrogen-bond acceptors (Lipinski definition) is 3. The molecule has 0 spiro atoms. The quantitative estimate of drug-likeness (QED) is 0.647. The molecule has 5 rings (SSSR count). The molecule has 1 aliphatic heterocycles. The zero-order valence-corrected chi connectivity index (χ0v) is 19.3. The van der Waals surface area contributed by atoms with Crippen LogP contribution in [0.3, 0.4) is 0 Å². The summed E-state index contributed by atoms with van der Waals surface area (Å²) in [6, 6.07) is 16.3. The molecule has 0 unspecified atom stereocenters. The summed E-state index contributed by atoms with van der Waals surface area (Å²) in [6.07, 6.45) is 5.04. The van der Waals surface area contributed by atoms with Crippen molar-refractivity contribution in [3.8, 4) is 0 Å². The van der Waals surface area contributed by atoms with Gasteiger partial charge >= 0.3 is 0 Å². The van der Waals surface area contributed by atoms with Gasteiger partial charge in [-0.25, -0.2) is 0 Å². The average molecular weight is 443 g/mol. The zero-order valence-electron chi connectivity index (χ0n) is 19.3. The molecular formula is C27H30N4O2. The fraction of sp³-hybridized carbons (Fsp3) is 0.370. The van der Waals surface area contributed by atoms with Gasteiger partial charge in [0.2, 0.25) is 11.8 Å². The fourth-order valence-electron chi connectivity index (χ4n) is 5.18. The number of benzene rings is 2. The summed E-state index contributed by atoms with van der Waals surface area (Å²) in [5.74, 6) is -0.352. The van der Waals surface area contributed by atoms with Gasteiger partial charge in [0, 0.05) is 29.9 Å². The Hall–Kier alpha value is -3.41. The topological polar surface area (TPSA) is 67.2 Å². The van der Waals surface area contributed by atoms with Crippen molar-refractivity contribution in [2.24, 2.45) is 5.92 Å². The van der Waals surface area contributed by atoms with E-state index in [4.69, 9.17) is 0 Å². The minimum Gasteiger partial charge on any atom is -0.349 e. The smallest absolute Gasteiger partial charge is 0.227 e. The van der Waals surface area contributed by atoms with E-state index < -0.39 is 0 Å². The standard InChI is InChI=1S/C27H30N4O2/c1-18-11-12-24(19(2)13-18)30-17-21(14-26(30)32)27(33)29-23-9-6-10-25-22(23)15-28-31(25)16-20-7-4-3-5-8-20/h3-5,7-8,11-13,15,21,23H,6,9-10,14,16-17H2,1-2H3,(H,29,33)/t21-,23-/m1/s1. The van der Waals surface area contributed by atoms with E-state index in [1.807, 2.05) is 50.4 Å². The SMILES string of the molecule is Cc1ccc(N2C[C@H](C(=O)N[C@@H]3CCCc4c3cnn4Cc3ccccc3)CC2=O)c(C)c1. The van der Waals surface area contributed by atoms with Crippen molar-refractivity contribution in [2.45, 2.75) is 52.1 Å². The Kier molecular flexibility index (Phi) is 5.75. The molecule has 0 bridgehead atoms. The van der Waals surface area contributed by atoms with Gasteiger partial charge in [0.25, 0.3) is 0 Å². The second-order valence-electron chi connectivity index (χ2n) is 9.34. The van der Waals surface area contributed by atoms with Crippen LogP contribution in [0.2, 0.25) is 0 Å². The average Bonchev–Trinajstić information content (AvgIpc) is 3.39. The van der Waals surface area contributed by atoms with Crippen molar-refractivity contribution < 1.29 is 9.59 Å². The number of carbonyl (C=O) groups excluding carboxylic acids is 2. The summed E-state index contributed by atoms with van der Waals surface area (Å²) in [4.78, 5) is 27.7. The van der Waals surface area contributed by atoms with Crippen molar-refractivity contribution in [3.05, 3.63) is 82.7 Å². The maximum absolute atomic E-state index is 13.2. The summed E-state index contributed by atoms with van der Waals surface area (Å²) in [5.41, 5.74) is 6.66. The summed E-state index contributed by atoms with van der Waals surface area (Å²) in [6.45, 7) is 5.22. The summed E-state index contributed by atoms with van der Waals surface area (Å²) < 4.78 is 2.06. The molecule has 0 saturated carbocycles. The molecule has 2 amide bonds. The van der Waals surface area contributed by atoms with Crippen LogP contribution in [0.5, 0.6) is 0 Å². The van der Waals surface area contributed by atoms with Crippen LogP contribution in [0.15, 0.2) is 54.7 Å². The second-order valence-corrected chi connectivity index (χ2v) is 9.34. The van der Waals surface area contributed by atoms with Crippen LogP contribution in [0.25, 0.3) is 0 Å². The van der Waals surface area contributed by atoms with E-state index in [9.17, 15) is 9.59 Å². The Labute approximate surface area is 194 Å². The first-order valence-corrected chi connectivity index (χ1v) is 11.8. The highest BCUT2D eigenvalue weighted by molar-refractivity contribution is 6.00. The van der Waals surface area contributed by atoms with Crippen LogP contribution >= 0.6 is 0 Å². The number of amides is 2. The zero-order chi connectivity index (χ0) is 22.9. The Morgan fingerprint density at radius 3 is 2.76 bits per heavy atom. The van der Waals surface area contributed by atoms with Crippen molar-refractivity contribution in [2.75, 3.05) is 11.4 Å². The number of aryl methyl sites for hydroxylation is 2. The lowest BCUT2D eigenvalue weighted by Gasteiger charge is -2.25. The van der Waals surface area contributed by atoms with E-state index in [1.165, 1.54) is 11.3 Å². The summed E-state index contributed by atoms with van der Waals surface area (Å²) in [5, 5.41) is 7.87. The van der Waals surface area contributed by atoms with E-state index >= 15 is 0 Å². The number of aromatic nitrogens is 2. The molecule has 2 aliphatic rings. The maximum Gasteiger partial charge on any atom is 0.227 e. The first-order chi connectivity index (χ1) is 16.0. The normalized spacial score (nSPS) is 20.1. The third-order valence-electron chi connectivity index (χ3n) is 6.89. The lowest BCUT2D eigenvalue weighted by Crippen LogP contribution is -2.37. The fourth-order valence-corrected chi connectivity index (χ4v) is 5.18. The summed E-state index contributed by atoms with van der Waals surface area (Å²) >= 11 is 0. The van der Waals surface area contributed by atoms with E-state index in [2.05, 4.69) is 33.3 Å². The predicted molar refractivity (Wildman–Crippen MR) is 128 cm³/mol. The number of fused-ring (bicyclic) bond motifs is 1. The molecule has 33 heavy (non-hydrogen) atoms. The highest BCUT2D eigenvalue weighted by Gasteiger charge is 2.37. The molecule has 6 nitrogen and oxygen atoms in total. The van der Waals surface area contributed by atoms with Crippen LogP contribution in [-0.4, -0.2) is 28.1 Å². The van der Waals surface area contributed by atoms with E-state index in [1.54, 1.807) is 4.90 Å². The van der Waals surface area contributed by atoms with Crippen LogP contribution in [0, 0.1) is 19.8 Å². The molecule has 3 aromatic rings. The third-order valence-corrected chi connectivity index (χ3v) is 6.89. The van der Waals surface area contributed by atoms with Gasteiger partial charge in [-0.1, -0.05) is 48.0 Å². The van der Waals surface area contributed by atoms with Crippen molar-refractivity contribution in [1.29, 1.82) is 0 Å². The minimum absolute atomic E-state index is 0.0158. The molecule has 2 aromatic carbocycles. The Morgan fingerprint density at radius 2 is 1.97 bits per heavy atom. The number of anilines is 1. The van der Waals surface area contributed by atoms with Gasteiger partial charge in [-0.05, 0) is 50.3 Å². The van der Waals surface area contributed by atoms with Gasteiger partial charge < -0.3 is 10.2 Å². The van der Waals surface area contributed by atoms with Gasteiger partial charge in [-0.15, -0.1) is 0 Å². The van der Waals surface area contributed by atoms with Gasteiger partial charge in [-0.2, -0.15) is 5.10 Å².